The van der Waals surface area contributed by atoms with Gasteiger partial charge in [0.25, 0.3) is 5.91 Å². The van der Waals surface area contributed by atoms with Gasteiger partial charge in [-0.25, -0.2) is 4.39 Å². The fraction of sp³-hybridized carbons (Fsp3) is 0.250. The van der Waals surface area contributed by atoms with E-state index in [4.69, 9.17) is 14.2 Å². The van der Waals surface area contributed by atoms with E-state index in [1.807, 2.05) is 37.3 Å². The zero-order valence-electron chi connectivity index (χ0n) is 22.8. The summed E-state index contributed by atoms with van der Waals surface area (Å²) in [5, 5.41) is 6.25. The number of ketones is 1. The molecule has 0 bridgehead atoms. The van der Waals surface area contributed by atoms with Crippen LogP contribution in [0.1, 0.15) is 42.7 Å². The number of Topliss-reactive ketones (excluding diaryl/α,β-unsaturated/α-hetero) is 1. The highest BCUT2D eigenvalue weighted by Crippen LogP contribution is 2.49. The van der Waals surface area contributed by atoms with E-state index < -0.39 is 17.6 Å². The second kappa shape index (κ2) is 11.3. The summed E-state index contributed by atoms with van der Waals surface area (Å²) in [6.07, 6.45) is 0.938. The van der Waals surface area contributed by atoms with Crippen LogP contribution in [0.4, 0.5) is 10.1 Å². The quantitative estimate of drug-likeness (QED) is 0.390. The van der Waals surface area contributed by atoms with Crippen molar-refractivity contribution in [3.05, 3.63) is 106 Å². The number of dihydropyridines is 1. The summed E-state index contributed by atoms with van der Waals surface area (Å²) in [4.78, 5) is 27.7. The Balaban J connectivity index is 1.64. The number of hydrogen-bond acceptors (Lipinski definition) is 6. The van der Waals surface area contributed by atoms with Crippen LogP contribution < -0.4 is 24.8 Å². The second-order valence-electron chi connectivity index (χ2n) is 9.85. The lowest BCUT2D eigenvalue weighted by Crippen LogP contribution is -2.37. The Hall–Kier alpha value is -4.59. The molecule has 1 aliphatic carbocycles. The molecule has 7 nitrogen and oxygen atoms in total. The first kappa shape index (κ1) is 27.0. The number of anilines is 1. The number of methoxy groups -OCH3 is 3. The van der Waals surface area contributed by atoms with E-state index in [1.54, 1.807) is 12.1 Å². The first-order chi connectivity index (χ1) is 19.3. The Morgan fingerprint density at radius 3 is 2.15 bits per heavy atom. The highest BCUT2D eigenvalue weighted by Gasteiger charge is 2.41. The molecule has 3 aromatic rings. The summed E-state index contributed by atoms with van der Waals surface area (Å²) in [5.74, 6) is -0.288. The van der Waals surface area contributed by atoms with Gasteiger partial charge in [0, 0.05) is 40.6 Å². The fourth-order valence-electron chi connectivity index (χ4n) is 5.63. The van der Waals surface area contributed by atoms with Crippen LogP contribution in [0, 0.1) is 5.82 Å². The van der Waals surface area contributed by atoms with Crippen LogP contribution >= 0.6 is 0 Å². The smallest absolute Gasteiger partial charge is 0.254 e. The zero-order chi connectivity index (χ0) is 28.4. The fourth-order valence-corrected chi connectivity index (χ4v) is 5.63. The Morgan fingerprint density at radius 1 is 0.900 bits per heavy atom. The summed E-state index contributed by atoms with van der Waals surface area (Å²) < 4.78 is 30.2. The van der Waals surface area contributed by atoms with E-state index in [0.717, 1.165) is 11.3 Å². The number of benzene rings is 3. The predicted molar refractivity (Wildman–Crippen MR) is 150 cm³/mol. The van der Waals surface area contributed by atoms with Crippen molar-refractivity contribution in [1.29, 1.82) is 0 Å². The van der Waals surface area contributed by atoms with E-state index in [2.05, 4.69) is 10.6 Å². The molecule has 8 heteroatoms. The molecule has 0 unspecified atom stereocenters. The van der Waals surface area contributed by atoms with Gasteiger partial charge in [-0.3, -0.25) is 9.59 Å². The minimum Gasteiger partial charge on any atom is -0.493 e. The average Bonchev–Trinajstić information content (AvgIpc) is 2.97. The van der Waals surface area contributed by atoms with Crippen LogP contribution in [-0.2, 0) is 9.59 Å². The molecule has 0 fully saturated rings. The first-order valence-electron chi connectivity index (χ1n) is 13.0. The lowest BCUT2D eigenvalue weighted by Gasteiger charge is -2.37. The standard InChI is InChI=1S/C32H31FN2O5/c1-18-28(32(37)35-23-12-10-22(33)11-13-23)29(21-16-26(38-2)31(40-4)27(17-21)39-3)30-24(34-18)14-20(15-25(30)36)19-8-6-5-7-9-19/h5-13,16-17,20,29,34H,14-15H2,1-4H3,(H,35,37)/t20-,29-/m0/s1. The molecule has 0 aromatic heterocycles. The molecule has 0 saturated carbocycles. The van der Waals surface area contributed by atoms with Gasteiger partial charge in [-0.1, -0.05) is 30.3 Å². The molecule has 0 saturated heterocycles. The van der Waals surface area contributed by atoms with Gasteiger partial charge in [-0.05, 0) is 66.8 Å². The maximum absolute atomic E-state index is 13.9. The van der Waals surface area contributed by atoms with Gasteiger partial charge in [-0.2, -0.15) is 0 Å². The summed E-state index contributed by atoms with van der Waals surface area (Å²) in [5.41, 5.74) is 4.52. The number of carbonyl (C=O) groups excluding carboxylic acids is 2. The van der Waals surface area contributed by atoms with Crippen molar-refractivity contribution in [2.75, 3.05) is 26.6 Å². The molecular formula is C32H31FN2O5. The molecule has 1 aliphatic heterocycles. The molecule has 0 spiro atoms. The third-order valence-corrected chi connectivity index (χ3v) is 7.47. The van der Waals surface area contributed by atoms with E-state index in [9.17, 15) is 14.0 Å². The number of nitrogens with one attached hydrogen (secondary N) is 2. The topological polar surface area (TPSA) is 85.9 Å². The van der Waals surface area contributed by atoms with E-state index in [0.29, 0.717) is 58.2 Å². The van der Waals surface area contributed by atoms with Crippen molar-refractivity contribution >= 4 is 17.4 Å². The molecule has 1 heterocycles. The van der Waals surface area contributed by atoms with E-state index in [-0.39, 0.29) is 11.7 Å². The highest BCUT2D eigenvalue weighted by atomic mass is 19.1. The Labute approximate surface area is 232 Å². The minimum atomic E-state index is -0.699. The van der Waals surface area contributed by atoms with Crippen molar-refractivity contribution in [3.63, 3.8) is 0 Å². The van der Waals surface area contributed by atoms with Gasteiger partial charge < -0.3 is 24.8 Å². The van der Waals surface area contributed by atoms with Gasteiger partial charge >= 0.3 is 0 Å². The molecule has 2 aliphatic rings. The van der Waals surface area contributed by atoms with Crippen LogP contribution in [0.25, 0.3) is 0 Å². The monoisotopic (exact) mass is 542 g/mol. The van der Waals surface area contributed by atoms with Crippen LogP contribution in [0.2, 0.25) is 0 Å². The SMILES string of the molecule is COc1cc([C@H]2C(C(=O)Nc3ccc(F)cc3)=C(C)NC3=C2C(=O)C[C@@H](c2ccccc2)C3)cc(OC)c1OC. The number of halogens is 1. The lowest BCUT2D eigenvalue weighted by atomic mass is 9.71. The van der Waals surface area contributed by atoms with Gasteiger partial charge in [0.2, 0.25) is 5.75 Å². The van der Waals surface area contributed by atoms with Crippen LogP contribution in [0.3, 0.4) is 0 Å². The third-order valence-electron chi connectivity index (χ3n) is 7.47. The van der Waals surface area contributed by atoms with Gasteiger partial charge in [0.05, 0.1) is 21.3 Å². The number of carbonyl (C=O) groups is 2. The molecule has 3 aromatic carbocycles. The number of rotatable bonds is 7. The molecule has 5 rings (SSSR count). The molecule has 40 heavy (non-hydrogen) atoms. The summed E-state index contributed by atoms with van der Waals surface area (Å²) in [7, 11) is 4.56. The van der Waals surface area contributed by atoms with Crippen LogP contribution in [0.15, 0.2) is 89.3 Å². The van der Waals surface area contributed by atoms with E-state index in [1.165, 1.54) is 45.6 Å². The number of ether oxygens (including phenoxy) is 3. The van der Waals surface area contributed by atoms with Gasteiger partial charge in [0.15, 0.2) is 17.3 Å². The number of allylic oxidation sites excluding steroid dienone is 3. The van der Waals surface area contributed by atoms with Gasteiger partial charge in [-0.15, -0.1) is 0 Å². The molecule has 0 radical (unpaired) electrons. The Morgan fingerprint density at radius 2 is 1.55 bits per heavy atom. The summed E-state index contributed by atoms with van der Waals surface area (Å²) >= 11 is 0. The molecule has 206 valence electrons. The third kappa shape index (κ3) is 5.04. The maximum Gasteiger partial charge on any atom is 0.254 e. The van der Waals surface area contributed by atoms with Crippen molar-refractivity contribution in [2.45, 2.75) is 31.6 Å². The van der Waals surface area contributed by atoms with E-state index >= 15 is 0 Å². The predicted octanol–water partition coefficient (Wildman–Crippen LogP) is 5.85. The second-order valence-corrected chi connectivity index (χ2v) is 9.85. The summed E-state index contributed by atoms with van der Waals surface area (Å²) in [6.45, 7) is 1.82. The minimum absolute atomic E-state index is 0.0166. The molecule has 2 N–H and O–H groups in total. The normalized spacial score (nSPS) is 18.6. The lowest BCUT2D eigenvalue weighted by molar-refractivity contribution is -0.116. The van der Waals surface area contributed by atoms with Crippen molar-refractivity contribution in [1.82, 2.24) is 5.32 Å². The number of hydrogen-bond donors (Lipinski definition) is 2. The largest absolute Gasteiger partial charge is 0.493 e. The highest BCUT2D eigenvalue weighted by molar-refractivity contribution is 6.10. The zero-order valence-corrected chi connectivity index (χ0v) is 22.8. The van der Waals surface area contributed by atoms with Crippen LogP contribution in [-0.4, -0.2) is 33.0 Å². The Kier molecular flexibility index (Phi) is 7.60. The molecule has 2 atom stereocenters. The molecular weight excluding hydrogens is 511 g/mol. The van der Waals surface area contributed by atoms with Crippen molar-refractivity contribution < 1.29 is 28.2 Å². The van der Waals surface area contributed by atoms with Crippen molar-refractivity contribution in [3.8, 4) is 17.2 Å². The number of amides is 1. The van der Waals surface area contributed by atoms with Crippen LogP contribution in [0.5, 0.6) is 17.2 Å². The average molecular weight is 543 g/mol. The summed E-state index contributed by atoms with van der Waals surface area (Å²) in [6, 6.07) is 19.1. The first-order valence-corrected chi connectivity index (χ1v) is 13.0. The van der Waals surface area contributed by atoms with Crippen molar-refractivity contribution in [2.24, 2.45) is 0 Å². The Bertz CT molecular complexity index is 1490. The van der Waals surface area contributed by atoms with Gasteiger partial charge in [0.1, 0.15) is 5.82 Å². The molecule has 1 amide bonds. The maximum atomic E-state index is 13.9.